The molecule has 11 heteroatoms. The lowest BCUT2D eigenvalue weighted by atomic mass is 10.1. The van der Waals surface area contributed by atoms with E-state index >= 15 is 0 Å². The van der Waals surface area contributed by atoms with E-state index in [-0.39, 0.29) is 29.9 Å². The van der Waals surface area contributed by atoms with Crippen molar-refractivity contribution in [3.8, 4) is 0 Å². The zero-order valence-corrected chi connectivity index (χ0v) is 17.3. The molecule has 1 fully saturated rings. The molecule has 0 bridgehead atoms. The zero-order valence-electron chi connectivity index (χ0n) is 17.3. The Bertz CT molecular complexity index is 1040. The summed E-state index contributed by atoms with van der Waals surface area (Å²) in [6.07, 6.45) is -1.24. The molecule has 32 heavy (non-hydrogen) atoms. The van der Waals surface area contributed by atoms with Crippen LogP contribution in [-0.2, 0) is 19.1 Å². The molecule has 1 atom stereocenters. The normalized spacial score (nSPS) is 16.0. The minimum absolute atomic E-state index is 0.0364. The van der Waals surface area contributed by atoms with Gasteiger partial charge < -0.3 is 14.4 Å². The van der Waals surface area contributed by atoms with E-state index < -0.39 is 40.8 Å². The summed E-state index contributed by atoms with van der Waals surface area (Å²) in [4.78, 5) is 51.5. The summed E-state index contributed by atoms with van der Waals surface area (Å²) in [7, 11) is 2.69. The number of non-ortho nitro benzene ring substituents is 1. The molecule has 2 aromatic rings. The van der Waals surface area contributed by atoms with Crippen LogP contribution in [0.2, 0.25) is 0 Å². The van der Waals surface area contributed by atoms with Crippen LogP contribution in [0.5, 0.6) is 0 Å². The van der Waals surface area contributed by atoms with Crippen molar-refractivity contribution in [1.29, 1.82) is 0 Å². The molecular formula is C21H20FN3O7. The largest absolute Gasteiger partial charge is 0.354 e. The van der Waals surface area contributed by atoms with Crippen molar-refractivity contribution >= 4 is 29.1 Å². The number of halogens is 1. The first-order valence-corrected chi connectivity index (χ1v) is 9.50. The average Bonchev–Trinajstić information content (AvgIpc) is 3.08. The van der Waals surface area contributed by atoms with Gasteiger partial charge in [-0.05, 0) is 30.3 Å². The average molecular weight is 445 g/mol. The molecule has 2 aromatic carbocycles. The van der Waals surface area contributed by atoms with Crippen LogP contribution in [0.1, 0.15) is 16.8 Å². The van der Waals surface area contributed by atoms with E-state index in [9.17, 15) is 28.9 Å². The van der Waals surface area contributed by atoms with Gasteiger partial charge in [0.2, 0.25) is 5.91 Å². The van der Waals surface area contributed by atoms with Gasteiger partial charge in [0.25, 0.3) is 17.5 Å². The number of hydrogen-bond donors (Lipinski definition) is 0. The van der Waals surface area contributed by atoms with E-state index in [1.165, 1.54) is 44.6 Å². The highest BCUT2D eigenvalue weighted by atomic mass is 19.1. The van der Waals surface area contributed by atoms with Crippen LogP contribution in [0, 0.1) is 15.9 Å². The number of imide groups is 1. The SMILES string of the molecule is COC(CN(C(=O)c1cccc([N+](=O)[O-])c1)C1CC(=O)N(c2ccc(F)cc2)C1=O)OC. The van der Waals surface area contributed by atoms with Gasteiger partial charge in [-0.2, -0.15) is 0 Å². The fraction of sp³-hybridized carbons (Fsp3) is 0.286. The minimum Gasteiger partial charge on any atom is -0.354 e. The Labute approximate surface area is 182 Å². The van der Waals surface area contributed by atoms with Crippen molar-refractivity contribution in [2.45, 2.75) is 18.8 Å². The van der Waals surface area contributed by atoms with E-state index in [0.29, 0.717) is 0 Å². The number of benzene rings is 2. The smallest absolute Gasteiger partial charge is 0.270 e. The minimum atomic E-state index is -1.20. The molecule has 0 N–H and O–H groups in total. The number of amides is 3. The number of anilines is 1. The number of carbonyl (C=O) groups is 3. The fourth-order valence-corrected chi connectivity index (χ4v) is 3.40. The van der Waals surface area contributed by atoms with Crippen LogP contribution >= 0.6 is 0 Å². The first-order chi connectivity index (χ1) is 15.3. The van der Waals surface area contributed by atoms with Crippen molar-refractivity contribution in [3.63, 3.8) is 0 Å². The molecule has 1 aliphatic heterocycles. The summed E-state index contributed by atoms with van der Waals surface area (Å²) in [5, 5.41) is 11.1. The Morgan fingerprint density at radius 2 is 1.88 bits per heavy atom. The zero-order chi connectivity index (χ0) is 23.4. The lowest BCUT2D eigenvalue weighted by molar-refractivity contribution is -0.384. The Kier molecular flexibility index (Phi) is 6.91. The Morgan fingerprint density at radius 3 is 2.47 bits per heavy atom. The van der Waals surface area contributed by atoms with Crippen molar-refractivity contribution in [3.05, 3.63) is 70.0 Å². The van der Waals surface area contributed by atoms with Gasteiger partial charge in [0, 0.05) is 31.9 Å². The highest BCUT2D eigenvalue weighted by Crippen LogP contribution is 2.28. The summed E-state index contributed by atoms with van der Waals surface area (Å²) in [5.74, 6) is -2.50. The summed E-state index contributed by atoms with van der Waals surface area (Å²) in [5.41, 5.74) is -0.167. The fourth-order valence-electron chi connectivity index (χ4n) is 3.40. The molecule has 0 aromatic heterocycles. The van der Waals surface area contributed by atoms with Crippen LogP contribution in [-0.4, -0.2) is 60.6 Å². The summed E-state index contributed by atoms with van der Waals surface area (Å²) in [6.45, 7) is -0.213. The quantitative estimate of drug-likeness (QED) is 0.264. The number of rotatable bonds is 8. The van der Waals surface area contributed by atoms with Gasteiger partial charge in [-0.15, -0.1) is 0 Å². The highest BCUT2D eigenvalue weighted by Gasteiger charge is 2.45. The van der Waals surface area contributed by atoms with Gasteiger partial charge in [-0.1, -0.05) is 6.07 Å². The molecule has 1 aliphatic rings. The monoisotopic (exact) mass is 445 g/mol. The molecule has 0 aliphatic carbocycles. The van der Waals surface area contributed by atoms with Crippen molar-refractivity contribution in [2.75, 3.05) is 25.7 Å². The molecule has 3 amide bonds. The second kappa shape index (κ2) is 9.62. The maximum atomic E-state index is 13.3. The number of nitrogens with zero attached hydrogens (tertiary/aromatic N) is 3. The predicted molar refractivity (Wildman–Crippen MR) is 109 cm³/mol. The van der Waals surface area contributed by atoms with E-state index in [0.717, 1.165) is 28.0 Å². The van der Waals surface area contributed by atoms with Crippen LogP contribution in [0.15, 0.2) is 48.5 Å². The molecule has 1 unspecified atom stereocenters. The third-order valence-electron chi connectivity index (χ3n) is 5.02. The third kappa shape index (κ3) is 4.63. The molecule has 168 valence electrons. The number of hydrogen-bond acceptors (Lipinski definition) is 7. The molecule has 0 saturated carbocycles. The summed E-state index contributed by atoms with van der Waals surface area (Å²) >= 11 is 0. The second-order valence-electron chi connectivity index (χ2n) is 6.93. The maximum absolute atomic E-state index is 13.3. The summed E-state index contributed by atoms with van der Waals surface area (Å²) < 4.78 is 23.6. The second-order valence-corrected chi connectivity index (χ2v) is 6.93. The maximum Gasteiger partial charge on any atom is 0.270 e. The van der Waals surface area contributed by atoms with Gasteiger partial charge >= 0.3 is 0 Å². The molecular weight excluding hydrogens is 425 g/mol. The van der Waals surface area contributed by atoms with Crippen LogP contribution in [0.25, 0.3) is 0 Å². The number of carbonyl (C=O) groups excluding carboxylic acids is 3. The molecule has 0 radical (unpaired) electrons. The molecule has 1 saturated heterocycles. The number of methoxy groups -OCH3 is 2. The van der Waals surface area contributed by atoms with Gasteiger partial charge in [0.15, 0.2) is 6.29 Å². The van der Waals surface area contributed by atoms with Crippen molar-refractivity contribution in [2.24, 2.45) is 0 Å². The summed E-state index contributed by atoms with van der Waals surface area (Å²) in [6, 6.07) is 8.63. The first-order valence-electron chi connectivity index (χ1n) is 9.50. The number of ether oxygens (including phenoxy) is 2. The van der Waals surface area contributed by atoms with Crippen molar-refractivity contribution in [1.82, 2.24) is 4.90 Å². The molecule has 3 rings (SSSR count). The lowest BCUT2D eigenvalue weighted by Crippen LogP contribution is -2.49. The van der Waals surface area contributed by atoms with Gasteiger partial charge in [0.05, 0.1) is 23.6 Å². The molecule has 0 spiro atoms. The Hall–Kier alpha value is -3.70. The Morgan fingerprint density at radius 1 is 1.22 bits per heavy atom. The third-order valence-corrected chi connectivity index (χ3v) is 5.02. The van der Waals surface area contributed by atoms with E-state index in [2.05, 4.69) is 0 Å². The van der Waals surface area contributed by atoms with E-state index in [1.807, 2.05) is 0 Å². The van der Waals surface area contributed by atoms with Crippen molar-refractivity contribution < 1.29 is 33.2 Å². The highest BCUT2D eigenvalue weighted by molar-refractivity contribution is 6.23. The van der Waals surface area contributed by atoms with E-state index in [4.69, 9.17) is 9.47 Å². The van der Waals surface area contributed by atoms with Gasteiger partial charge in [-0.3, -0.25) is 24.5 Å². The number of nitro groups is 1. The van der Waals surface area contributed by atoms with Crippen LogP contribution in [0.4, 0.5) is 15.8 Å². The van der Waals surface area contributed by atoms with Crippen LogP contribution < -0.4 is 4.90 Å². The van der Waals surface area contributed by atoms with E-state index in [1.54, 1.807) is 0 Å². The van der Waals surface area contributed by atoms with Gasteiger partial charge in [0.1, 0.15) is 11.9 Å². The molecule has 10 nitrogen and oxygen atoms in total. The first kappa shape index (κ1) is 23.0. The lowest BCUT2D eigenvalue weighted by Gasteiger charge is -2.30. The molecule has 1 heterocycles. The topological polar surface area (TPSA) is 119 Å². The predicted octanol–water partition coefficient (Wildman–Crippen LogP) is 2.13. The standard InChI is InChI=1S/C21H20FN3O7/c1-31-19(32-2)12-23(20(27)13-4-3-5-16(10-13)25(29)30)17-11-18(26)24(21(17)28)15-8-6-14(22)7-9-15/h3-10,17,19H,11-12H2,1-2H3. The Balaban J connectivity index is 1.96. The van der Waals surface area contributed by atoms with Crippen LogP contribution in [0.3, 0.4) is 0 Å². The number of nitro benzene ring substituents is 1. The van der Waals surface area contributed by atoms with Gasteiger partial charge in [-0.25, -0.2) is 9.29 Å².